The van der Waals surface area contributed by atoms with Crippen LogP contribution < -0.4 is 5.32 Å². The van der Waals surface area contributed by atoms with E-state index < -0.39 is 0 Å². The minimum Gasteiger partial charge on any atom is -0.384 e. The number of hydrogen-bond donors (Lipinski definition) is 1. The van der Waals surface area contributed by atoms with Gasteiger partial charge >= 0.3 is 0 Å². The van der Waals surface area contributed by atoms with Gasteiger partial charge in [0.1, 0.15) is 5.82 Å². The first-order chi connectivity index (χ1) is 9.02. The Hall–Kier alpha value is -1.64. The summed E-state index contributed by atoms with van der Waals surface area (Å²) in [7, 11) is 0. The van der Waals surface area contributed by atoms with E-state index in [1.165, 1.54) is 6.07 Å². The number of nitrogens with zero attached hydrogens (tertiary/aromatic N) is 1. The van der Waals surface area contributed by atoms with Crippen LogP contribution in [0.4, 0.5) is 10.1 Å². The lowest BCUT2D eigenvalue weighted by molar-refractivity contribution is 0.628. The van der Waals surface area contributed by atoms with Crippen LogP contribution in [0, 0.1) is 12.7 Å². The molecule has 3 heteroatoms. The predicted molar refractivity (Wildman–Crippen MR) is 79.3 cm³/mol. The van der Waals surface area contributed by atoms with Gasteiger partial charge in [-0.15, -0.1) is 0 Å². The molecule has 0 amide bonds. The second-order valence-corrected chi connectivity index (χ2v) is 5.29. The summed E-state index contributed by atoms with van der Waals surface area (Å²) in [6.45, 7) is 9.17. The molecule has 1 heterocycles. The van der Waals surface area contributed by atoms with Crippen LogP contribution in [0.1, 0.15) is 44.4 Å². The molecule has 1 aromatic heterocycles. The number of aromatic nitrogens is 1. The van der Waals surface area contributed by atoms with E-state index in [9.17, 15) is 4.39 Å². The molecule has 19 heavy (non-hydrogen) atoms. The second kappa shape index (κ2) is 5.55. The summed E-state index contributed by atoms with van der Waals surface area (Å²) in [5.74, 6) is 0.106. The first-order valence-electron chi connectivity index (χ1n) is 6.87. The molecule has 102 valence electrons. The van der Waals surface area contributed by atoms with Crippen molar-refractivity contribution in [1.82, 2.24) is 4.98 Å². The molecule has 0 aliphatic rings. The lowest BCUT2D eigenvalue weighted by Crippen LogP contribution is -2.04. The quantitative estimate of drug-likeness (QED) is 0.867. The molecule has 1 aromatic carbocycles. The van der Waals surface area contributed by atoms with Crippen LogP contribution in [-0.4, -0.2) is 11.5 Å². The summed E-state index contributed by atoms with van der Waals surface area (Å²) in [5, 5.41) is 4.46. The standard InChI is InChI=1S/C16H21FN2/c1-5-6-18-14-9-13(10(2)3)19-15-8-12(17)7-11(4)16(14)15/h7-10H,5-6H2,1-4H3,(H,18,19). The highest BCUT2D eigenvalue weighted by Gasteiger charge is 2.11. The lowest BCUT2D eigenvalue weighted by atomic mass is 10.0. The van der Waals surface area contributed by atoms with Crippen molar-refractivity contribution in [1.29, 1.82) is 0 Å². The molecule has 2 rings (SSSR count). The van der Waals surface area contributed by atoms with E-state index in [0.29, 0.717) is 5.92 Å². The summed E-state index contributed by atoms with van der Waals surface area (Å²) in [5.41, 5.74) is 3.72. The smallest absolute Gasteiger partial charge is 0.125 e. The molecule has 0 spiro atoms. The van der Waals surface area contributed by atoms with Crippen LogP contribution in [0.15, 0.2) is 18.2 Å². The first kappa shape index (κ1) is 13.8. The van der Waals surface area contributed by atoms with E-state index in [1.54, 1.807) is 6.07 Å². The van der Waals surface area contributed by atoms with Gasteiger partial charge in [-0.1, -0.05) is 20.8 Å². The van der Waals surface area contributed by atoms with Crippen LogP contribution in [0.5, 0.6) is 0 Å². The lowest BCUT2D eigenvalue weighted by Gasteiger charge is -2.15. The van der Waals surface area contributed by atoms with Gasteiger partial charge < -0.3 is 5.32 Å². The Morgan fingerprint density at radius 3 is 2.63 bits per heavy atom. The van der Waals surface area contributed by atoms with Crippen molar-refractivity contribution in [3.8, 4) is 0 Å². The van der Waals surface area contributed by atoms with Crippen LogP contribution >= 0.6 is 0 Å². The molecule has 0 saturated heterocycles. The number of halogens is 1. The normalized spacial score (nSPS) is 11.3. The van der Waals surface area contributed by atoms with Gasteiger partial charge in [0.15, 0.2) is 0 Å². The minimum atomic E-state index is -0.222. The van der Waals surface area contributed by atoms with Crippen LogP contribution in [0.2, 0.25) is 0 Å². The van der Waals surface area contributed by atoms with Crippen molar-refractivity contribution in [3.63, 3.8) is 0 Å². The van der Waals surface area contributed by atoms with Gasteiger partial charge in [-0.05, 0) is 37.0 Å². The van der Waals surface area contributed by atoms with E-state index in [-0.39, 0.29) is 5.82 Å². The number of anilines is 1. The Bertz CT molecular complexity index is 591. The number of hydrogen-bond acceptors (Lipinski definition) is 2. The van der Waals surface area contributed by atoms with Gasteiger partial charge in [-0.3, -0.25) is 4.98 Å². The monoisotopic (exact) mass is 260 g/mol. The van der Waals surface area contributed by atoms with Gasteiger partial charge in [0.2, 0.25) is 0 Å². The summed E-state index contributed by atoms with van der Waals surface area (Å²) in [6, 6.07) is 5.18. The number of pyridine rings is 1. The van der Waals surface area contributed by atoms with Crippen LogP contribution in [0.3, 0.4) is 0 Å². The Morgan fingerprint density at radius 1 is 1.26 bits per heavy atom. The van der Waals surface area contributed by atoms with Gasteiger partial charge in [0.05, 0.1) is 5.52 Å². The fourth-order valence-electron chi connectivity index (χ4n) is 2.25. The second-order valence-electron chi connectivity index (χ2n) is 5.29. The highest BCUT2D eigenvalue weighted by Crippen LogP contribution is 2.29. The van der Waals surface area contributed by atoms with Gasteiger partial charge in [-0.2, -0.15) is 0 Å². The van der Waals surface area contributed by atoms with Gasteiger partial charge in [0.25, 0.3) is 0 Å². The highest BCUT2D eigenvalue weighted by molar-refractivity contribution is 5.94. The SMILES string of the molecule is CCCNc1cc(C(C)C)nc2cc(F)cc(C)c12. The highest BCUT2D eigenvalue weighted by atomic mass is 19.1. The van der Waals surface area contributed by atoms with E-state index in [1.807, 2.05) is 6.92 Å². The number of nitrogens with one attached hydrogen (secondary N) is 1. The molecule has 0 aliphatic heterocycles. The van der Waals surface area contributed by atoms with Crippen molar-refractivity contribution < 1.29 is 4.39 Å². The first-order valence-corrected chi connectivity index (χ1v) is 6.87. The summed E-state index contributed by atoms with van der Waals surface area (Å²) in [4.78, 5) is 4.59. The summed E-state index contributed by atoms with van der Waals surface area (Å²) < 4.78 is 13.6. The van der Waals surface area contributed by atoms with Crippen molar-refractivity contribution in [2.24, 2.45) is 0 Å². The van der Waals surface area contributed by atoms with E-state index in [4.69, 9.17) is 0 Å². The third kappa shape index (κ3) is 2.86. The minimum absolute atomic E-state index is 0.222. The topological polar surface area (TPSA) is 24.9 Å². The molecular formula is C16H21FN2. The fraction of sp³-hybridized carbons (Fsp3) is 0.438. The number of fused-ring (bicyclic) bond motifs is 1. The van der Waals surface area contributed by atoms with Crippen molar-refractivity contribution in [2.45, 2.75) is 40.0 Å². The van der Waals surface area contributed by atoms with Gasteiger partial charge in [0, 0.05) is 29.4 Å². The molecule has 0 saturated carbocycles. The Labute approximate surface area is 114 Å². The maximum absolute atomic E-state index is 13.6. The molecule has 0 fully saturated rings. The molecule has 0 unspecified atom stereocenters. The maximum Gasteiger partial charge on any atom is 0.125 e. The Morgan fingerprint density at radius 2 is 2.00 bits per heavy atom. The summed E-state index contributed by atoms with van der Waals surface area (Å²) >= 11 is 0. The van der Waals surface area contributed by atoms with E-state index in [0.717, 1.165) is 40.8 Å². The van der Waals surface area contributed by atoms with E-state index in [2.05, 4.69) is 37.1 Å². The molecule has 0 radical (unpaired) electrons. The molecule has 0 bridgehead atoms. The zero-order chi connectivity index (χ0) is 14.0. The zero-order valence-corrected chi connectivity index (χ0v) is 12.0. The molecular weight excluding hydrogens is 239 g/mol. The van der Waals surface area contributed by atoms with Gasteiger partial charge in [-0.25, -0.2) is 4.39 Å². The van der Waals surface area contributed by atoms with Crippen molar-refractivity contribution in [2.75, 3.05) is 11.9 Å². The number of benzene rings is 1. The number of aryl methyl sites for hydroxylation is 1. The fourth-order valence-corrected chi connectivity index (χ4v) is 2.25. The Kier molecular flexibility index (Phi) is 4.03. The molecule has 2 aromatic rings. The number of rotatable bonds is 4. The Balaban J connectivity index is 2.67. The van der Waals surface area contributed by atoms with Crippen molar-refractivity contribution >= 4 is 16.6 Å². The van der Waals surface area contributed by atoms with Crippen LogP contribution in [0.25, 0.3) is 10.9 Å². The summed E-state index contributed by atoms with van der Waals surface area (Å²) in [6.07, 6.45) is 1.06. The maximum atomic E-state index is 13.6. The predicted octanol–water partition coefficient (Wildman–Crippen LogP) is 4.63. The molecule has 0 atom stereocenters. The largest absolute Gasteiger partial charge is 0.384 e. The average Bonchev–Trinajstić information content (AvgIpc) is 2.34. The average molecular weight is 260 g/mol. The third-order valence-electron chi connectivity index (χ3n) is 3.25. The van der Waals surface area contributed by atoms with Crippen molar-refractivity contribution in [3.05, 3.63) is 35.3 Å². The third-order valence-corrected chi connectivity index (χ3v) is 3.25. The molecule has 0 aliphatic carbocycles. The van der Waals surface area contributed by atoms with Crippen LogP contribution in [-0.2, 0) is 0 Å². The molecule has 2 nitrogen and oxygen atoms in total. The van der Waals surface area contributed by atoms with E-state index >= 15 is 0 Å². The molecule has 1 N–H and O–H groups in total. The zero-order valence-electron chi connectivity index (χ0n) is 12.0.